The quantitative estimate of drug-likeness (QED) is 0.360. The average molecular weight is 161 g/mol. The molecule has 1 rings (SSSR count). The highest BCUT2D eigenvalue weighted by Crippen LogP contribution is 2.20. The third-order valence-electron chi connectivity index (χ3n) is 2.07. The predicted molar refractivity (Wildman–Crippen MR) is 39.9 cm³/mol. The van der Waals surface area contributed by atoms with Gasteiger partial charge in [-0.25, -0.2) is 0 Å². The molecule has 0 amide bonds. The molecule has 0 aromatic heterocycles. The van der Waals surface area contributed by atoms with Gasteiger partial charge in [-0.2, -0.15) is 0 Å². The van der Waals surface area contributed by atoms with Gasteiger partial charge in [-0.05, 0) is 20.3 Å². The third-order valence-corrected chi connectivity index (χ3v) is 2.07. The molecule has 0 spiro atoms. The van der Waals surface area contributed by atoms with E-state index in [2.05, 4.69) is 5.32 Å². The average Bonchev–Trinajstić information content (AvgIpc) is 1.81. The SMILES string of the molecule is C[C@@H]1C[C@@H](O)[C@H](O)[C@@](C)(O)N1. The summed E-state index contributed by atoms with van der Waals surface area (Å²) >= 11 is 0. The molecule has 66 valence electrons. The highest BCUT2D eigenvalue weighted by Gasteiger charge is 2.41. The minimum Gasteiger partial charge on any atom is -0.390 e. The Bertz CT molecular complexity index is 149. The first-order valence-corrected chi connectivity index (χ1v) is 3.79. The Hall–Kier alpha value is -0.160. The topological polar surface area (TPSA) is 72.7 Å². The number of hydrogen-bond donors (Lipinski definition) is 4. The fraction of sp³-hybridized carbons (Fsp3) is 1.00. The van der Waals surface area contributed by atoms with Crippen molar-refractivity contribution in [1.82, 2.24) is 5.32 Å². The van der Waals surface area contributed by atoms with Crippen molar-refractivity contribution in [2.75, 3.05) is 0 Å². The number of nitrogens with one attached hydrogen (secondary N) is 1. The molecule has 1 heterocycles. The van der Waals surface area contributed by atoms with E-state index >= 15 is 0 Å². The molecule has 4 heteroatoms. The van der Waals surface area contributed by atoms with Gasteiger partial charge in [-0.3, -0.25) is 5.32 Å². The smallest absolute Gasteiger partial charge is 0.142 e. The fourth-order valence-electron chi connectivity index (χ4n) is 1.51. The Balaban J connectivity index is 2.67. The van der Waals surface area contributed by atoms with Crippen LogP contribution in [0.15, 0.2) is 0 Å². The van der Waals surface area contributed by atoms with Crippen LogP contribution >= 0.6 is 0 Å². The molecule has 0 radical (unpaired) electrons. The lowest BCUT2D eigenvalue weighted by Gasteiger charge is -2.41. The van der Waals surface area contributed by atoms with E-state index in [1.807, 2.05) is 6.92 Å². The van der Waals surface area contributed by atoms with Crippen molar-refractivity contribution in [1.29, 1.82) is 0 Å². The van der Waals surface area contributed by atoms with Gasteiger partial charge in [0.25, 0.3) is 0 Å². The Morgan fingerprint density at radius 3 is 2.45 bits per heavy atom. The van der Waals surface area contributed by atoms with Gasteiger partial charge < -0.3 is 15.3 Å². The molecule has 0 aliphatic carbocycles. The van der Waals surface area contributed by atoms with E-state index in [9.17, 15) is 15.3 Å². The van der Waals surface area contributed by atoms with Crippen LogP contribution in [0.4, 0.5) is 0 Å². The largest absolute Gasteiger partial charge is 0.390 e. The van der Waals surface area contributed by atoms with Crippen LogP contribution in [0.3, 0.4) is 0 Å². The number of piperidine rings is 1. The van der Waals surface area contributed by atoms with Crippen LogP contribution in [0.25, 0.3) is 0 Å². The molecule has 1 aliphatic rings. The summed E-state index contributed by atoms with van der Waals surface area (Å²) in [6.07, 6.45) is -1.46. The second-order valence-corrected chi connectivity index (χ2v) is 3.44. The number of hydrogen-bond acceptors (Lipinski definition) is 4. The molecule has 4 nitrogen and oxygen atoms in total. The van der Waals surface area contributed by atoms with Crippen molar-refractivity contribution in [2.45, 2.75) is 44.2 Å². The van der Waals surface area contributed by atoms with E-state index < -0.39 is 17.9 Å². The summed E-state index contributed by atoms with van der Waals surface area (Å²) in [5, 5.41) is 30.7. The van der Waals surface area contributed by atoms with Crippen LogP contribution in [-0.2, 0) is 0 Å². The van der Waals surface area contributed by atoms with Crippen LogP contribution in [0.2, 0.25) is 0 Å². The molecule has 0 aromatic rings. The van der Waals surface area contributed by atoms with Crippen LogP contribution in [0.5, 0.6) is 0 Å². The van der Waals surface area contributed by atoms with E-state index in [4.69, 9.17) is 0 Å². The van der Waals surface area contributed by atoms with Gasteiger partial charge in [0.05, 0.1) is 6.10 Å². The molecular formula is C7H15NO3. The fourth-order valence-corrected chi connectivity index (χ4v) is 1.51. The molecule has 0 aromatic carbocycles. The van der Waals surface area contributed by atoms with Gasteiger partial charge in [0.2, 0.25) is 0 Å². The number of aliphatic hydroxyl groups excluding tert-OH is 2. The lowest BCUT2D eigenvalue weighted by atomic mass is 9.92. The van der Waals surface area contributed by atoms with Gasteiger partial charge in [-0.1, -0.05) is 0 Å². The molecule has 1 fully saturated rings. The first-order valence-electron chi connectivity index (χ1n) is 3.79. The lowest BCUT2D eigenvalue weighted by molar-refractivity contribution is -0.162. The summed E-state index contributed by atoms with van der Waals surface area (Å²) in [5.74, 6) is 0. The van der Waals surface area contributed by atoms with Crippen LogP contribution < -0.4 is 5.32 Å². The van der Waals surface area contributed by atoms with Crippen LogP contribution in [0, 0.1) is 0 Å². The van der Waals surface area contributed by atoms with Crippen molar-refractivity contribution in [3.8, 4) is 0 Å². The summed E-state index contributed by atoms with van der Waals surface area (Å²) in [7, 11) is 0. The third kappa shape index (κ3) is 1.70. The van der Waals surface area contributed by atoms with Crippen molar-refractivity contribution in [2.24, 2.45) is 0 Å². The monoisotopic (exact) mass is 161 g/mol. The van der Waals surface area contributed by atoms with Gasteiger partial charge in [0.1, 0.15) is 11.8 Å². The second kappa shape index (κ2) is 2.71. The van der Waals surface area contributed by atoms with Gasteiger partial charge in [0.15, 0.2) is 0 Å². The standard InChI is InChI=1S/C7H15NO3/c1-4-3-5(9)6(10)7(2,11)8-4/h4-6,8-11H,3H2,1-2H3/t4-,5-,6+,7-/m1/s1. The molecule has 1 saturated heterocycles. The van der Waals surface area contributed by atoms with Gasteiger partial charge in [0, 0.05) is 6.04 Å². The predicted octanol–water partition coefficient (Wildman–Crippen LogP) is -1.20. The van der Waals surface area contributed by atoms with Crippen LogP contribution in [0.1, 0.15) is 20.3 Å². The summed E-state index contributed by atoms with van der Waals surface area (Å²) in [4.78, 5) is 0. The molecule has 0 bridgehead atoms. The van der Waals surface area contributed by atoms with E-state index in [0.29, 0.717) is 6.42 Å². The number of aliphatic hydroxyl groups is 3. The molecular weight excluding hydrogens is 146 g/mol. The lowest BCUT2D eigenvalue weighted by Crippen LogP contribution is -2.64. The maximum atomic E-state index is 9.46. The molecule has 11 heavy (non-hydrogen) atoms. The maximum Gasteiger partial charge on any atom is 0.142 e. The zero-order valence-corrected chi connectivity index (χ0v) is 6.78. The van der Waals surface area contributed by atoms with E-state index in [0.717, 1.165) is 0 Å². The van der Waals surface area contributed by atoms with E-state index in [1.165, 1.54) is 6.92 Å². The molecule has 1 aliphatic heterocycles. The van der Waals surface area contributed by atoms with Crippen molar-refractivity contribution in [3.63, 3.8) is 0 Å². The summed E-state index contributed by atoms with van der Waals surface area (Å²) in [6, 6.07) is 0.0309. The normalized spacial score (nSPS) is 52.6. The highest BCUT2D eigenvalue weighted by molar-refractivity contribution is 4.93. The van der Waals surface area contributed by atoms with Crippen molar-refractivity contribution >= 4 is 0 Å². The molecule has 4 atom stereocenters. The Morgan fingerprint density at radius 1 is 1.45 bits per heavy atom. The Labute approximate surface area is 65.9 Å². The molecule has 4 N–H and O–H groups in total. The van der Waals surface area contributed by atoms with Gasteiger partial charge in [-0.15, -0.1) is 0 Å². The minimum atomic E-state index is -1.36. The van der Waals surface area contributed by atoms with E-state index in [1.54, 1.807) is 0 Å². The summed E-state index contributed by atoms with van der Waals surface area (Å²) in [6.45, 7) is 3.31. The Kier molecular flexibility index (Phi) is 2.20. The van der Waals surface area contributed by atoms with Crippen molar-refractivity contribution in [3.05, 3.63) is 0 Å². The first-order chi connectivity index (χ1) is 4.93. The summed E-state index contributed by atoms with van der Waals surface area (Å²) in [5.41, 5.74) is -1.36. The van der Waals surface area contributed by atoms with Crippen LogP contribution in [-0.4, -0.2) is 39.3 Å². The first kappa shape index (κ1) is 8.93. The second-order valence-electron chi connectivity index (χ2n) is 3.44. The zero-order chi connectivity index (χ0) is 8.65. The molecule has 0 unspecified atom stereocenters. The summed E-state index contributed by atoms with van der Waals surface area (Å²) < 4.78 is 0. The maximum absolute atomic E-state index is 9.46. The highest BCUT2D eigenvalue weighted by atomic mass is 16.4. The number of rotatable bonds is 0. The van der Waals surface area contributed by atoms with Gasteiger partial charge >= 0.3 is 0 Å². The van der Waals surface area contributed by atoms with Crippen molar-refractivity contribution < 1.29 is 15.3 Å². The minimum absolute atomic E-state index is 0.0309. The van der Waals surface area contributed by atoms with E-state index in [-0.39, 0.29) is 6.04 Å². The zero-order valence-electron chi connectivity index (χ0n) is 6.78. The molecule has 0 saturated carbocycles. The Morgan fingerprint density at radius 2 is 2.00 bits per heavy atom.